The Kier molecular flexibility index (Phi) is 6.53. The van der Waals surface area contributed by atoms with Crippen LogP contribution in [0.5, 0.6) is 0 Å². The molecule has 1 fully saturated rings. The van der Waals surface area contributed by atoms with Crippen molar-refractivity contribution in [2.45, 2.75) is 12.8 Å². The maximum absolute atomic E-state index is 12.1. The van der Waals surface area contributed by atoms with Crippen LogP contribution in [-0.2, 0) is 4.79 Å². The molecule has 1 aliphatic rings. The van der Waals surface area contributed by atoms with Gasteiger partial charge in [0.25, 0.3) is 0 Å². The van der Waals surface area contributed by atoms with Crippen LogP contribution in [0.4, 0.5) is 5.82 Å². The average Bonchev–Trinajstić information content (AvgIpc) is 3.05. The number of likely N-dealkylation sites (tertiary alicyclic amines) is 1. The second-order valence-corrected chi connectivity index (χ2v) is 6.04. The highest BCUT2D eigenvalue weighted by Gasteiger charge is 2.24. The lowest BCUT2D eigenvalue weighted by atomic mass is 10.1. The van der Waals surface area contributed by atoms with E-state index in [1.165, 1.54) is 0 Å². The molecule has 1 aromatic rings. The van der Waals surface area contributed by atoms with Crippen LogP contribution in [0.3, 0.4) is 0 Å². The van der Waals surface area contributed by atoms with Crippen LogP contribution in [0.1, 0.15) is 18.4 Å². The lowest BCUT2D eigenvalue weighted by Crippen LogP contribution is -2.38. The van der Waals surface area contributed by atoms with E-state index < -0.39 is 0 Å². The zero-order valence-corrected chi connectivity index (χ0v) is 13.9. The van der Waals surface area contributed by atoms with E-state index in [-0.39, 0.29) is 5.91 Å². The van der Waals surface area contributed by atoms with Gasteiger partial charge in [-0.2, -0.15) is 10.5 Å². The molecule has 2 rings (SSSR count). The summed E-state index contributed by atoms with van der Waals surface area (Å²) in [7, 11) is 1.74. The number of nitriles is 2. The summed E-state index contributed by atoms with van der Waals surface area (Å²) < 4.78 is 0. The summed E-state index contributed by atoms with van der Waals surface area (Å²) >= 11 is 0. The van der Waals surface area contributed by atoms with Gasteiger partial charge >= 0.3 is 0 Å². The highest BCUT2D eigenvalue weighted by atomic mass is 16.2. The maximum Gasteiger partial charge on any atom is 0.236 e. The minimum absolute atomic E-state index is 0.0626. The molecule has 0 radical (unpaired) electrons. The standard InChI is InChI=1S/C17H22N6O/c1-22(7-2-6-18)17(24)13-23-8-5-15(12-23)11-21-16-4-3-14(9-19)10-20-16/h3-4,10,15H,2,5,7-8,11-13H2,1H3,(H,20,21)/t15-/m1/s1. The number of rotatable bonds is 7. The second-order valence-electron chi connectivity index (χ2n) is 6.04. The maximum atomic E-state index is 12.1. The number of amides is 1. The Balaban J connectivity index is 1.71. The summed E-state index contributed by atoms with van der Waals surface area (Å²) in [5.41, 5.74) is 0.548. The Hall–Kier alpha value is -2.64. The van der Waals surface area contributed by atoms with Gasteiger partial charge in [0.05, 0.1) is 24.6 Å². The van der Waals surface area contributed by atoms with Gasteiger partial charge in [0.1, 0.15) is 11.9 Å². The van der Waals surface area contributed by atoms with E-state index in [0.29, 0.717) is 31.0 Å². The molecule has 1 N–H and O–H groups in total. The number of carbonyl (C=O) groups excluding carboxylic acids is 1. The van der Waals surface area contributed by atoms with Crippen LogP contribution in [0, 0.1) is 28.6 Å². The van der Waals surface area contributed by atoms with Gasteiger partial charge in [0.15, 0.2) is 0 Å². The Labute approximate surface area is 142 Å². The number of pyridine rings is 1. The normalized spacial score (nSPS) is 17.0. The number of hydrogen-bond donors (Lipinski definition) is 1. The van der Waals surface area contributed by atoms with Gasteiger partial charge in [0.2, 0.25) is 5.91 Å². The molecule has 0 aromatic carbocycles. The van der Waals surface area contributed by atoms with Crippen LogP contribution in [0.25, 0.3) is 0 Å². The minimum Gasteiger partial charge on any atom is -0.370 e. The van der Waals surface area contributed by atoms with E-state index in [4.69, 9.17) is 10.5 Å². The fourth-order valence-corrected chi connectivity index (χ4v) is 2.69. The minimum atomic E-state index is 0.0626. The first-order chi connectivity index (χ1) is 11.6. The lowest BCUT2D eigenvalue weighted by Gasteiger charge is -2.21. The van der Waals surface area contributed by atoms with E-state index in [0.717, 1.165) is 31.9 Å². The molecule has 7 heteroatoms. The van der Waals surface area contributed by atoms with Gasteiger partial charge in [-0.1, -0.05) is 0 Å². The molecule has 1 saturated heterocycles. The largest absolute Gasteiger partial charge is 0.370 e. The van der Waals surface area contributed by atoms with Crippen molar-refractivity contribution in [2.24, 2.45) is 5.92 Å². The van der Waals surface area contributed by atoms with Gasteiger partial charge in [-0.15, -0.1) is 0 Å². The molecule has 1 aromatic heterocycles. The summed E-state index contributed by atoms with van der Waals surface area (Å²) in [5.74, 6) is 1.30. The Morgan fingerprint density at radius 2 is 2.33 bits per heavy atom. The van der Waals surface area contributed by atoms with Gasteiger partial charge in [-0.05, 0) is 31.0 Å². The number of anilines is 1. The van der Waals surface area contributed by atoms with Gasteiger partial charge in [-0.25, -0.2) is 4.98 Å². The smallest absolute Gasteiger partial charge is 0.236 e. The molecule has 1 aliphatic heterocycles. The van der Waals surface area contributed by atoms with Gasteiger partial charge in [0, 0.05) is 32.9 Å². The summed E-state index contributed by atoms with van der Waals surface area (Å²) in [6.45, 7) is 3.48. The molecule has 0 unspecified atom stereocenters. The molecule has 7 nitrogen and oxygen atoms in total. The Morgan fingerprint density at radius 1 is 1.50 bits per heavy atom. The summed E-state index contributed by atoms with van der Waals surface area (Å²) in [4.78, 5) is 20.0. The van der Waals surface area contributed by atoms with E-state index in [1.807, 2.05) is 6.07 Å². The molecule has 24 heavy (non-hydrogen) atoms. The molecule has 2 heterocycles. The van der Waals surface area contributed by atoms with E-state index in [9.17, 15) is 4.79 Å². The molecule has 126 valence electrons. The third-order valence-electron chi connectivity index (χ3n) is 4.18. The van der Waals surface area contributed by atoms with E-state index in [1.54, 1.807) is 30.3 Å². The zero-order chi connectivity index (χ0) is 17.4. The molecule has 0 saturated carbocycles. The first-order valence-corrected chi connectivity index (χ1v) is 8.05. The molecule has 0 spiro atoms. The molecule has 1 amide bonds. The third kappa shape index (κ3) is 5.22. The summed E-state index contributed by atoms with van der Waals surface area (Å²) in [6, 6.07) is 7.65. The third-order valence-corrected chi connectivity index (χ3v) is 4.18. The van der Waals surface area contributed by atoms with E-state index >= 15 is 0 Å². The van der Waals surface area contributed by atoms with Crippen molar-refractivity contribution in [1.82, 2.24) is 14.8 Å². The molecule has 0 bridgehead atoms. The molecular weight excluding hydrogens is 304 g/mol. The number of likely N-dealkylation sites (N-methyl/N-ethyl adjacent to an activating group) is 1. The molecular formula is C17H22N6O. The van der Waals surface area contributed by atoms with Crippen LogP contribution in [-0.4, -0.2) is 60.5 Å². The summed E-state index contributed by atoms with van der Waals surface area (Å²) in [5, 5.41) is 20.6. The van der Waals surface area contributed by atoms with Crippen molar-refractivity contribution in [3.8, 4) is 12.1 Å². The molecule has 1 atom stereocenters. The molecule has 0 aliphatic carbocycles. The monoisotopic (exact) mass is 326 g/mol. The SMILES string of the molecule is CN(CCC#N)C(=O)CN1CC[C@H](CNc2ccc(C#N)cn2)C1. The first kappa shape index (κ1) is 17.7. The lowest BCUT2D eigenvalue weighted by molar-refractivity contribution is -0.130. The predicted molar refractivity (Wildman–Crippen MR) is 89.9 cm³/mol. The highest BCUT2D eigenvalue weighted by Crippen LogP contribution is 2.17. The zero-order valence-electron chi connectivity index (χ0n) is 13.9. The van der Waals surface area contributed by atoms with Crippen molar-refractivity contribution in [3.05, 3.63) is 23.9 Å². The summed E-state index contributed by atoms with van der Waals surface area (Å²) in [6.07, 6.45) is 2.96. The van der Waals surface area contributed by atoms with Crippen molar-refractivity contribution >= 4 is 11.7 Å². The fraction of sp³-hybridized carbons (Fsp3) is 0.529. The quantitative estimate of drug-likeness (QED) is 0.805. The Bertz CT molecular complexity index is 630. The van der Waals surface area contributed by atoms with E-state index in [2.05, 4.69) is 21.3 Å². The number of hydrogen-bond acceptors (Lipinski definition) is 6. The number of nitrogens with zero attached hydrogens (tertiary/aromatic N) is 5. The Morgan fingerprint density at radius 3 is 3.00 bits per heavy atom. The predicted octanol–water partition coefficient (Wildman–Crippen LogP) is 1.06. The number of carbonyl (C=O) groups is 1. The van der Waals surface area contributed by atoms with Crippen molar-refractivity contribution in [3.63, 3.8) is 0 Å². The van der Waals surface area contributed by atoms with Crippen molar-refractivity contribution < 1.29 is 4.79 Å². The second kappa shape index (κ2) is 8.85. The topological polar surface area (TPSA) is 96.0 Å². The fourth-order valence-electron chi connectivity index (χ4n) is 2.69. The number of nitrogens with one attached hydrogen (secondary N) is 1. The van der Waals surface area contributed by atoms with Gasteiger partial charge < -0.3 is 10.2 Å². The van der Waals surface area contributed by atoms with Crippen LogP contribution >= 0.6 is 0 Å². The van der Waals surface area contributed by atoms with Crippen molar-refractivity contribution in [1.29, 1.82) is 10.5 Å². The van der Waals surface area contributed by atoms with Crippen molar-refractivity contribution in [2.75, 3.05) is 45.1 Å². The first-order valence-electron chi connectivity index (χ1n) is 8.05. The average molecular weight is 326 g/mol. The van der Waals surface area contributed by atoms with Crippen LogP contribution in [0.2, 0.25) is 0 Å². The highest BCUT2D eigenvalue weighted by molar-refractivity contribution is 5.78. The van der Waals surface area contributed by atoms with Crippen LogP contribution in [0.15, 0.2) is 18.3 Å². The van der Waals surface area contributed by atoms with Crippen LogP contribution < -0.4 is 5.32 Å². The van der Waals surface area contributed by atoms with Gasteiger partial charge in [-0.3, -0.25) is 9.69 Å². The number of aromatic nitrogens is 1.